The average molecular weight is 373 g/mol. The lowest BCUT2D eigenvalue weighted by Crippen LogP contribution is -2.14. The molecule has 140 valence electrons. The predicted octanol–water partition coefficient (Wildman–Crippen LogP) is 3.39. The van der Waals surface area contributed by atoms with E-state index in [2.05, 4.69) is 27.1 Å². The van der Waals surface area contributed by atoms with Crippen LogP contribution in [0.4, 0.5) is 11.4 Å². The van der Waals surface area contributed by atoms with Crippen molar-refractivity contribution in [1.82, 2.24) is 15.3 Å². The van der Waals surface area contributed by atoms with Crippen molar-refractivity contribution in [2.45, 2.75) is 18.9 Å². The van der Waals surface area contributed by atoms with Crippen molar-refractivity contribution in [1.29, 1.82) is 0 Å². The van der Waals surface area contributed by atoms with E-state index in [1.165, 1.54) is 18.6 Å². The van der Waals surface area contributed by atoms with Gasteiger partial charge >= 0.3 is 0 Å². The predicted molar refractivity (Wildman–Crippen MR) is 107 cm³/mol. The summed E-state index contributed by atoms with van der Waals surface area (Å²) >= 11 is 0. The molecule has 4 rings (SSSR count). The molecule has 2 heterocycles. The minimum absolute atomic E-state index is 0.131. The molecule has 0 bridgehead atoms. The standard InChI is InChI=1S/C21H19N5O2/c22-17-10-7-15(12-20(17)26(27)28)4-3-14-5-8-16(9-6-14)19-13-24-21(25-19)18-2-1-11-23-18/h5-10,12-13,18,23H,1-2,11,22H2,(H,24,25). The van der Waals surface area contributed by atoms with Crippen LogP contribution in [0, 0.1) is 22.0 Å². The molecular weight excluding hydrogens is 354 g/mol. The van der Waals surface area contributed by atoms with Crippen LogP contribution in [-0.2, 0) is 0 Å². The first-order valence-corrected chi connectivity index (χ1v) is 9.05. The molecule has 4 N–H and O–H groups in total. The van der Waals surface area contributed by atoms with Crippen molar-refractivity contribution in [3.63, 3.8) is 0 Å². The van der Waals surface area contributed by atoms with E-state index >= 15 is 0 Å². The minimum Gasteiger partial charge on any atom is -0.393 e. The highest BCUT2D eigenvalue weighted by molar-refractivity contribution is 5.63. The summed E-state index contributed by atoms with van der Waals surface area (Å²) in [6.07, 6.45) is 4.12. The van der Waals surface area contributed by atoms with E-state index < -0.39 is 4.92 Å². The van der Waals surface area contributed by atoms with Crippen molar-refractivity contribution in [2.75, 3.05) is 12.3 Å². The molecule has 1 unspecified atom stereocenters. The van der Waals surface area contributed by atoms with E-state index in [0.717, 1.165) is 35.6 Å². The van der Waals surface area contributed by atoms with Gasteiger partial charge < -0.3 is 16.0 Å². The van der Waals surface area contributed by atoms with Crippen LogP contribution in [0.15, 0.2) is 48.7 Å². The number of H-pyrrole nitrogens is 1. The van der Waals surface area contributed by atoms with Gasteiger partial charge in [-0.25, -0.2) is 4.98 Å². The van der Waals surface area contributed by atoms with Crippen LogP contribution in [0.2, 0.25) is 0 Å². The van der Waals surface area contributed by atoms with Crippen LogP contribution in [0.3, 0.4) is 0 Å². The quantitative estimate of drug-likeness (QED) is 0.282. The third-order valence-corrected chi connectivity index (χ3v) is 4.76. The number of nitrogens with one attached hydrogen (secondary N) is 2. The molecule has 1 aliphatic rings. The second-order valence-electron chi connectivity index (χ2n) is 6.69. The van der Waals surface area contributed by atoms with Crippen molar-refractivity contribution in [3.05, 3.63) is 75.7 Å². The first kappa shape index (κ1) is 17.8. The number of rotatable bonds is 3. The number of benzene rings is 2. The fourth-order valence-electron chi connectivity index (χ4n) is 3.24. The third-order valence-electron chi connectivity index (χ3n) is 4.76. The van der Waals surface area contributed by atoms with Crippen LogP contribution in [0.5, 0.6) is 0 Å². The van der Waals surface area contributed by atoms with E-state index in [0.29, 0.717) is 11.6 Å². The molecule has 7 heteroatoms. The highest BCUT2D eigenvalue weighted by Gasteiger charge is 2.19. The minimum atomic E-state index is -0.505. The van der Waals surface area contributed by atoms with Crippen molar-refractivity contribution >= 4 is 11.4 Å². The molecule has 1 aromatic heterocycles. The van der Waals surface area contributed by atoms with Crippen molar-refractivity contribution < 1.29 is 4.92 Å². The molecule has 1 aliphatic heterocycles. The SMILES string of the molecule is Nc1ccc(C#Cc2ccc(-c3cnc(C4CCCN4)[nH]3)cc2)cc1[N+](=O)[O-]. The molecule has 1 saturated heterocycles. The van der Waals surface area contributed by atoms with E-state index in [1.54, 1.807) is 6.07 Å². The zero-order chi connectivity index (χ0) is 19.5. The average Bonchev–Trinajstić information content (AvgIpc) is 3.39. The largest absolute Gasteiger partial charge is 0.393 e. The number of aromatic nitrogens is 2. The summed E-state index contributed by atoms with van der Waals surface area (Å²) in [6.45, 7) is 1.03. The maximum absolute atomic E-state index is 11.0. The first-order valence-electron chi connectivity index (χ1n) is 9.05. The molecule has 0 amide bonds. The second kappa shape index (κ2) is 7.55. The van der Waals surface area contributed by atoms with Gasteiger partial charge in [-0.3, -0.25) is 10.1 Å². The van der Waals surface area contributed by atoms with Gasteiger partial charge in [0.1, 0.15) is 11.5 Å². The molecule has 0 radical (unpaired) electrons. The summed E-state index contributed by atoms with van der Waals surface area (Å²) in [6, 6.07) is 12.7. The van der Waals surface area contributed by atoms with Gasteiger partial charge in [0.05, 0.1) is 22.9 Å². The highest BCUT2D eigenvalue weighted by atomic mass is 16.6. The Bertz CT molecular complexity index is 1070. The number of nitro benzene ring substituents is 1. The van der Waals surface area contributed by atoms with E-state index in [9.17, 15) is 10.1 Å². The Hall–Kier alpha value is -3.63. The lowest BCUT2D eigenvalue weighted by atomic mass is 10.1. The number of hydrogen-bond donors (Lipinski definition) is 3. The summed E-state index contributed by atoms with van der Waals surface area (Å²) in [7, 11) is 0. The van der Waals surface area contributed by atoms with Gasteiger partial charge in [0.15, 0.2) is 0 Å². The zero-order valence-corrected chi connectivity index (χ0v) is 15.1. The molecule has 3 aromatic rings. The third kappa shape index (κ3) is 3.72. The maximum atomic E-state index is 11.0. The molecular formula is C21H19N5O2. The fraction of sp³-hybridized carbons (Fsp3) is 0.190. The first-order chi connectivity index (χ1) is 13.6. The Morgan fingerprint density at radius 2 is 1.89 bits per heavy atom. The number of nitrogens with two attached hydrogens (primary N) is 1. The maximum Gasteiger partial charge on any atom is 0.293 e. The highest BCUT2D eigenvalue weighted by Crippen LogP contribution is 2.24. The summed E-state index contributed by atoms with van der Waals surface area (Å²) < 4.78 is 0. The summed E-state index contributed by atoms with van der Waals surface area (Å²) in [5.74, 6) is 6.94. The molecule has 28 heavy (non-hydrogen) atoms. The summed E-state index contributed by atoms with van der Waals surface area (Å²) in [5, 5.41) is 14.4. The molecule has 2 aromatic carbocycles. The number of anilines is 1. The topological polar surface area (TPSA) is 110 Å². The zero-order valence-electron chi connectivity index (χ0n) is 15.1. The number of hydrogen-bond acceptors (Lipinski definition) is 5. The Kier molecular flexibility index (Phi) is 4.79. The Labute approximate surface area is 162 Å². The normalized spacial score (nSPS) is 15.8. The number of imidazole rings is 1. The van der Waals surface area contributed by atoms with Gasteiger partial charge in [0.25, 0.3) is 5.69 Å². The molecule has 7 nitrogen and oxygen atoms in total. The van der Waals surface area contributed by atoms with E-state index in [1.807, 2.05) is 30.5 Å². The Morgan fingerprint density at radius 1 is 1.14 bits per heavy atom. The lowest BCUT2D eigenvalue weighted by Gasteiger charge is -2.05. The molecule has 0 spiro atoms. The van der Waals surface area contributed by atoms with Gasteiger partial charge in [-0.05, 0) is 49.2 Å². The smallest absolute Gasteiger partial charge is 0.293 e. The van der Waals surface area contributed by atoms with Crippen LogP contribution in [-0.4, -0.2) is 21.4 Å². The van der Waals surface area contributed by atoms with E-state index in [4.69, 9.17) is 5.73 Å². The van der Waals surface area contributed by atoms with Gasteiger partial charge in [0.2, 0.25) is 0 Å². The number of nitrogens with zero attached hydrogens (tertiary/aromatic N) is 2. The van der Waals surface area contributed by atoms with Gasteiger partial charge in [-0.1, -0.05) is 24.0 Å². The van der Waals surface area contributed by atoms with Crippen LogP contribution >= 0.6 is 0 Å². The van der Waals surface area contributed by atoms with Crippen LogP contribution in [0.25, 0.3) is 11.3 Å². The van der Waals surface area contributed by atoms with Gasteiger partial charge in [-0.2, -0.15) is 0 Å². The van der Waals surface area contributed by atoms with Crippen molar-refractivity contribution in [3.8, 4) is 23.1 Å². The second-order valence-corrected chi connectivity index (χ2v) is 6.69. The lowest BCUT2D eigenvalue weighted by molar-refractivity contribution is -0.383. The number of nitrogen functional groups attached to an aromatic ring is 1. The Balaban J connectivity index is 1.51. The number of aromatic amines is 1. The van der Waals surface area contributed by atoms with Crippen molar-refractivity contribution in [2.24, 2.45) is 0 Å². The number of nitro groups is 1. The molecule has 0 aliphatic carbocycles. The summed E-state index contributed by atoms with van der Waals surface area (Å²) in [4.78, 5) is 18.3. The summed E-state index contributed by atoms with van der Waals surface area (Å²) in [5.41, 5.74) is 8.98. The van der Waals surface area contributed by atoms with Crippen LogP contribution < -0.4 is 11.1 Å². The Morgan fingerprint density at radius 3 is 2.61 bits per heavy atom. The molecule has 0 saturated carbocycles. The fourth-order valence-corrected chi connectivity index (χ4v) is 3.24. The van der Waals surface area contributed by atoms with Gasteiger partial charge in [-0.15, -0.1) is 0 Å². The van der Waals surface area contributed by atoms with Crippen LogP contribution in [0.1, 0.15) is 35.8 Å². The molecule has 1 atom stereocenters. The monoisotopic (exact) mass is 373 g/mol. The van der Waals surface area contributed by atoms with E-state index in [-0.39, 0.29) is 11.4 Å². The van der Waals surface area contributed by atoms with Gasteiger partial charge in [0, 0.05) is 17.2 Å². The molecule has 1 fully saturated rings.